The number of aromatic nitrogens is 1. The molecule has 0 aliphatic heterocycles. The van der Waals surface area contributed by atoms with Crippen molar-refractivity contribution in [3.05, 3.63) is 33.1 Å². The maximum atomic E-state index is 11.9. The Morgan fingerprint density at radius 1 is 1.53 bits per heavy atom. The zero-order valence-electron chi connectivity index (χ0n) is 9.42. The van der Waals surface area contributed by atoms with Gasteiger partial charge in [0.05, 0.1) is 10.5 Å². The molecule has 1 aliphatic carbocycles. The van der Waals surface area contributed by atoms with Gasteiger partial charge in [0.2, 0.25) is 0 Å². The Morgan fingerprint density at radius 2 is 2.16 bits per heavy atom. The van der Waals surface area contributed by atoms with Crippen LogP contribution in [0.4, 0.5) is 5.69 Å². The van der Waals surface area contributed by atoms with Gasteiger partial charge in [-0.15, -0.1) is 0 Å². The summed E-state index contributed by atoms with van der Waals surface area (Å²) in [7, 11) is 0. The first kappa shape index (κ1) is 13.2. The first-order valence-electron chi connectivity index (χ1n) is 5.21. The molecule has 0 unspecified atom stereocenters. The number of nitro groups is 1. The number of carbonyl (C=O) groups excluding carboxylic acids is 1. The molecule has 1 heterocycles. The van der Waals surface area contributed by atoms with Crippen molar-refractivity contribution >= 4 is 29.2 Å². The molecular weight excluding hydrogens is 278 g/mol. The number of nitrogens with zero attached hydrogens (tertiary/aromatic N) is 2. The van der Waals surface area contributed by atoms with Crippen LogP contribution in [0.2, 0.25) is 5.15 Å². The number of carbonyl (C=O) groups is 2. The number of amides is 1. The van der Waals surface area contributed by atoms with Gasteiger partial charge in [-0.2, -0.15) is 0 Å². The Morgan fingerprint density at radius 3 is 2.63 bits per heavy atom. The topological polar surface area (TPSA) is 122 Å². The van der Waals surface area contributed by atoms with Gasteiger partial charge in [0.25, 0.3) is 11.6 Å². The zero-order valence-corrected chi connectivity index (χ0v) is 10.2. The standard InChI is InChI=1S/C10H8ClN3O5/c11-7-6(3-5(4-12-7)14(18)19)8(15)13-10(1-2-10)9(16)17/h3-4H,1-2H2,(H,13,15)(H,16,17). The highest BCUT2D eigenvalue weighted by atomic mass is 35.5. The SMILES string of the molecule is O=C(NC1(C(=O)O)CC1)c1cc([N+](=O)[O-])cnc1Cl. The third-order valence-corrected chi connectivity index (χ3v) is 3.09. The second-order valence-corrected chi connectivity index (χ2v) is 4.49. The van der Waals surface area contributed by atoms with Gasteiger partial charge in [-0.1, -0.05) is 11.6 Å². The quantitative estimate of drug-likeness (QED) is 0.483. The van der Waals surface area contributed by atoms with Crippen molar-refractivity contribution in [1.82, 2.24) is 10.3 Å². The predicted octanol–water partition coefficient (Wildman–Crippen LogP) is 0.990. The fourth-order valence-corrected chi connectivity index (χ4v) is 1.69. The Bertz CT molecular complexity index is 585. The first-order valence-corrected chi connectivity index (χ1v) is 5.59. The lowest BCUT2D eigenvalue weighted by molar-refractivity contribution is -0.385. The normalized spacial score (nSPS) is 15.6. The summed E-state index contributed by atoms with van der Waals surface area (Å²) >= 11 is 5.68. The van der Waals surface area contributed by atoms with Crippen LogP contribution < -0.4 is 5.32 Å². The predicted molar refractivity (Wildman–Crippen MR) is 63.0 cm³/mol. The second kappa shape index (κ2) is 4.47. The lowest BCUT2D eigenvalue weighted by atomic mass is 10.2. The van der Waals surface area contributed by atoms with Crippen molar-refractivity contribution in [2.75, 3.05) is 0 Å². The summed E-state index contributed by atoms with van der Waals surface area (Å²) < 4.78 is 0. The number of carboxylic acid groups (broad SMARTS) is 1. The number of halogens is 1. The molecule has 1 aromatic rings. The van der Waals surface area contributed by atoms with E-state index in [4.69, 9.17) is 16.7 Å². The van der Waals surface area contributed by atoms with Crippen LogP contribution in [0.25, 0.3) is 0 Å². The van der Waals surface area contributed by atoms with Crippen LogP contribution in [0, 0.1) is 10.1 Å². The van der Waals surface area contributed by atoms with Crippen LogP contribution in [-0.4, -0.2) is 32.4 Å². The molecule has 0 spiro atoms. The Hall–Kier alpha value is -2.22. The lowest BCUT2D eigenvalue weighted by Gasteiger charge is -2.12. The fourth-order valence-electron chi connectivity index (χ4n) is 1.50. The van der Waals surface area contributed by atoms with E-state index in [9.17, 15) is 19.7 Å². The third kappa shape index (κ3) is 2.48. The van der Waals surface area contributed by atoms with E-state index in [1.807, 2.05) is 0 Å². The smallest absolute Gasteiger partial charge is 0.329 e. The Labute approximate surface area is 111 Å². The van der Waals surface area contributed by atoms with Crippen LogP contribution in [0.5, 0.6) is 0 Å². The summed E-state index contributed by atoms with van der Waals surface area (Å²) in [6.45, 7) is 0. The van der Waals surface area contributed by atoms with Gasteiger partial charge in [-0.05, 0) is 12.8 Å². The monoisotopic (exact) mass is 285 g/mol. The third-order valence-electron chi connectivity index (χ3n) is 2.79. The van der Waals surface area contributed by atoms with E-state index < -0.39 is 28.0 Å². The van der Waals surface area contributed by atoms with Gasteiger partial charge < -0.3 is 10.4 Å². The molecule has 0 saturated heterocycles. The molecule has 1 amide bonds. The van der Waals surface area contributed by atoms with Crippen LogP contribution in [0.1, 0.15) is 23.2 Å². The molecule has 0 bridgehead atoms. The maximum absolute atomic E-state index is 11.9. The van der Waals surface area contributed by atoms with E-state index >= 15 is 0 Å². The number of pyridine rings is 1. The van der Waals surface area contributed by atoms with Crippen molar-refractivity contribution in [2.24, 2.45) is 0 Å². The molecule has 100 valence electrons. The molecule has 2 rings (SSSR count). The fraction of sp³-hybridized carbons (Fsp3) is 0.300. The number of carboxylic acids is 1. The summed E-state index contributed by atoms with van der Waals surface area (Å²) in [4.78, 5) is 36.2. The van der Waals surface area contributed by atoms with E-state index in [1.54, 1.807) is 0 Å². The minimum absolute atomic E-state index is 0.218. The summed E-state index contributed by atoms with van der Waals surface area (Å²) in [5, 5.41) is 21.6. The molecule has 1 aromatic heterocycles. The Kier molecular flexibility index (Phi) is 3.11. The van der Waals surface area contributed by atoms with Crippen LogP contribution in [-0.2, 0) is 4.79 Å². The molecule has 8 nitrogen and oxygen atoms in total. The molecule has 0 atom stereocenters. The molecular formula is C10H8ClN3O5. The second-order valence-electron chi connectivity index (χ2n) is 4.13. The number of aliphatic carboxylic acids is 1. The van der Waals surface area contributed by atoms with Crippen LogP contribution >= 0.6 is 11.6 Å². The van der Waals surface area contributed by atoms with Gasteiger partial charge in [0, 0.05) is 6.07 Å². The van der Waals surface area contributed by atoms with Crippen molar-refractivity contribution in [3.63, 3.8) is 0 Å². The average molecular weight is 286 g/mol. The van der Waals surface area contributed by atoms with Crippen molar-refractivity contribution in [3.8, 4) is 0 Å². The Balaban J connectivity index is 2.26. The molecule has 2 N–H and O–H groups in total. The minimum atomic E-state index is -1.29. The average Bonchev–Trinajstić information content (AvgIpc) is 3.10. The molecule has 1 aliphatic rings. The van der Waals surface area contributed by atoms with Crippen molar-refractivity contribution in [1.29, 1.82) is 0 Å². The highest BCUT2D eigenvalue weighted by molar-refractivity contribution is 6.32. The van der Waals surface area contributed by atoms with Crippen LogP contribution in [0.3, 0.4) is 0 Å². The van der Waals surface area contributed by atoms with Gasteiger partial charge in [0.1, 0.15) is 16.9 Å². The first-order chi connectivity index (χ1) is 8.85. The van der Waals surface area contributed by atoms with E-state index in [0.717, 1.165) is 12.3 Å². The summed E-state index contributed by atoms with van der Waals surface area (Å²) in [6.07, 6.45) is 1.55. The van der Waals surface area contributed by atoms with E-state index in [0.29, 0.717) is 12.8 Å². The summed E-state index contributed by atoms with van der Waals surface area (Å²) in [5.74, 6) is -1.93. The summed E-state index contributed by atoms with van der Waals surface area (Å²) in [5.41, 5.74) is -1.90. The summed E-state index contributed by atoms with van der Waals surface area (Å²) in [6, 6.07) is 0.961. The molecule has 19 heavy (non-hydrogen) atoms. The highest BCUT2D eigenvalue weighted by Crippen LogP contribution is 2.36. The molecule has 0 aromatic carbocycles. The van der Waals surface area contributed by atoms with E-state index in [-0.39, 0.29) is 10.7 Å². The largest absolute Gasteiger partial charge is 0.480 e. The molecule has 9 heteroatoms. The number of nitrogens with one attached hydrogen (secondary N) is 1. The van der Waals surface area contributed by atoms with E-state index in [2.05, 4.69) is 10.3 Å². The molecule has 1 saturated carbocycles. The zero-order chi connectivity index (χ0) is 14.2. The molecule has 0 radical (unpaired) electrons. The number of hydrogen-bond donors (Lipinski definition) is 2. The van der Waals surface area contributed by atoms with Crippen molar-refractivity contribution < 1.29 is 19.6 Å². The van der Waals surface area contributed by atoms with Gasteiger partial charge in [-0.3, -0.25) is 14.9 Å². The maximum Gasteiger partial charge on any atom is 0.329 e. The van der Waals surface area contributed by atoms with Crippen LogP contribution in [0.15, 0.2) is 12.3 Å². The number of hydrogen-bond acceptors (Lipinski definition) is 5. The highest BCUT2D eigenvalue weighted by Gasteiger charge is 2.51. The van der Waals surface area contributed by atoms with Gasteiger partial charge in [-0.25, -0.2) is 9.78 Å². The van der Waals surface area contributed by atoms with E-state index in [1.165, 1.54) is 0 Å². The van der Waals surface area contributed by atoms with Gasteiger partial charge in [0.15, 0.2) is 0 Å². The van der Waals surface area contributed by atoms with Crippen molar-refractivity contribution in [2.45, 2.75) is 18.4 Å². The minimum Gasteiger partial charge on any atom is -0.480 e. The van der Waals surface area contributed by atoms with Gasteiger partial charge >= 0.3 is 5.97 Å². The lowest BCUT2D eigenvalue weighted by Crippen LogP contribution is -2.43. The number of rotatable bonds is 4. The molecule has 1 fully saturated rings.